The van der Waals surface area contributed by atoms with E-state index < -0.39 is 0 Å². The van der Waals surface area contributed by atoms with Crippen molar-refractivity contribution in [3.8, 4) is 0 Å². The summed E-state index contributed by atoms with van der Waals surface area (Å²) >= 11 is 9.46. The van der Waals surface area contributed by atoms with E-state index in [1.165, 1.54) is 0 Å². The van der Waals surface area contributed by atoms with Crippen molar-refractivity contribution in [1.82, 2.24) is 9.88 Å². The Kier molecular flexibility index (Phi) is 4.05. The predicted octanol–water partition coefficient (Wildman–Crippen LogP) is 3.00. The van der Waals surface area contributed by atoms with Gasteiger partial charge < -0.3 is 10.2 Å². The molecule has 0 unspecified atom stereocenters. The van der Waals surface area contributed by atoms with E-state index in [-0.39, 0.29) is 0 Å². The second-order valence-corrected chi connectivity index (χ2v) is 5.53. The highest BCUT2D eigenvalue weighted by molar-refractivity contribution is 9.10. The van der Waals surface area contributed by atoms with Gasteiger partial charge in [0.1, 0.15) is 5.82 Å². The summed E-state index contributed by atoms with van der Waals surface area (Å²) in [5, 5.41) is 4.08. The minimum atomic E-state index is 0.488. The Morgan fingerprint density at radius 1 is 1.50 bits per heavy atom. The lowest BCUT2D eigenvalue weighted by molar-refractivity contribution is 0.263. The molecule has 0 amide bonds. The molecule has 88 valence electrons. The average molecular weight is 305 g/mol. The first-order chi connectivity index (χ1) is 7.65. The van der Waals surface area contributed by atoms with Crippen LogP contribution in [-0.4, -0.2) is 36.1 Å². The summed E-state index contributed by atoms with van der Waals surface area (Å²) in [6.07, 6.45) is 4.05. The minimum absolute atomic E-state index is 0.488. The highest BCUT2D eigenvalue weighted by atomic mass is 79.9. The lowest BCUT2D eigenvalue weighted by Gasteiger charge is -2.29. The maximum Gasteiger partial charge on any atom is 0.145 e. The smallest absolute Gasteiger partial charge is 0.145 e. The van der Waals surface area contributed by atoms with Crippen LogP contribution in [0.15, 0.2) is 16.7 Å². The molecule has 0 atom stereocenters. The van der Waals surface area contributed by atoms with Crippen LogP contribution in [0.1, 0.15) is 12.8 Å². The quantitative estimate of drug-likeness (QED) is 0.910. The normalized spacial score (nSPS) is 18.7. The van der Waals surface area contributed by atoms with Crippen LogP contribution in [0.3, 0.4) is 0 Å². The van der Waals surface area contributed by atoms with E-state index in [1.807, 2.05) is 6.07 Å². The van der Waals surface area contributed by atoms with Gasteiger partial charge in [0.2, 0.25) is 0 Å². The lowest BCUT2D eigenvalue weighted by Crippen LogP contribution is -2.36. The number of likely N-dealkylation sites (tertiary alicyclic amines) is 1. The molecule has 0 aromatic carbocycles. The van der Waals surface area contributed by atoms with Crippen LogP contribution in [0.5, 0.6) is 0 Å². The van der Waals surface area contributed by atoms with E-state index in [1.54, 1.807) is 6.20 Å². The van der Waals surface area contributed by atoms with E-state index in [9.17, 15) is 0 Å². The van der Waals surface area contributed by atoms with Crippen LogP contribution in [0.25, 0.3) is 0 Å². The van der Waals surface area contributed by atoms with Gasteiger partial charge in [-0.3, -0.25) is 0 Å². The molecule has 1 saturated heterocycles. The fourth-order valence-electron chi connectivity index (χ4n) is 1.87. The maximum atomic E-state index is 6.11. The number of piperidine rings is 1. The van der Waals surface area contributed by atoms with Gasteiger partial charge in [-0.15, -0.1) is 0 Å². The van der Waals surface area contributed by atoms with Crippen LogP contribution in [0.2, 0.25) is 5.02 Å². The number of hydrogen-bond acceptors (Lipinski definition) is 3. The molecule has 3 nitrogen and oxygen atoms in total. The number of rotatable bonds is 2. The van der Waals surface area contributed by atoms with Gasteiger partial charge in [-0.05, 0) is 55.0 Å². The summed E-state index contributed by atoms with van der Waals surface area (Å²) in [6, 6.07) is 2.36. The number of anilines is 1. The molecule has 16 heavy (non-hydrogen) atoms. The van der Waals surface area contributed by atoms with Crippen molar-refractivity contribution < 1.29 is 0 Å². The summed E-state index contributed by atoms with van der Waals surface area (Å²) in [4.78, 5) is 6.63. The molecule has 0 saturated carbocycles. The maximum absolute atomic E-state index is 6.11. The molecule has 1 N–H and O–H groups in total. The van der Waals surface area contributed by atoms with Crippen LogP contribution < -0.4 is 5.32 Å². The van der Waals surface area contributed by atoms with Gasteiger partial charge in [-0.25, -0.2) is 4.98 Å². The highest BCUT2D eigenvalue weighted by Crippen LogP contribution is 2.24. The Hall–Kier alpha value is -0.320. The van der Waals surface area contributed by atoms with Gasteiger partial charge in [0.15, 0.2) is 0 Å². The second-order valence-electron chi connectivity index (χ2n) is 4.21. The molecule has 0 bridgehead atoms. The SMILES string of the molecule is CN1CCC(Nc2ncc(Br)cc2Cl)CC1. The Balaban J connectivity index is 1.98. The molecule has 1 aromatic heterocycles. The Bertz CT molecular complexity index is 364. The second kappa shape index (κ2) is 5.34. The monoisotopic (exact) mass is 303 g/mol. The summed E-state index contributed by atoms with van der Waals surface area (Å²) in [6.45, 7) is 2.26. The third-order valence-corrected chi connectivity index (χ3v) is 3.59. The first-order valence-corrected chi connectivity index (χ1v) is 6.58. The van der Waals surface area contributed by atoms with Crippen molar-refractivity contribution in [2.45, 2.75) is 18.9 Å². The molecular weight excluding hydrogens is 289 g/mol. The van der Waals surface area contributed by atoms with Crippen molar-refractivity contribution in [3.05, 3.63) is 21.8 Å². The van der Waals surface area contributed by atoms with Gasteiger partial charge >= 0.3 is 0 Å². The van der Waals surface area contributed by atoms with E-state index in [4.69, 9.17) is 11.6 Å². The average Bonchev–Trinajstić information content (AvgIpc) is 2.25. The van der Waals surface area contributed by atoms with E-state index >= 15 is 0 Å². The van der Waals surface area contributed by atoms with Crippen LogP contribution in [0.4, 0.5) is 5.82 Å². The molecule has 1 aromatic rings. The first kappa shape index (κ1) is 12.1. The fraction of sp³-hybridized carbons (Fsp3) is 0.545. The number of hydrogen-bond donors (Lipinski definition) is 1. The standard InChI is InChI=1S/C11H15BrClN3/c1-16-4-2-9(3-5-16)15-11-10(13)6-8(12)7-14-11/h6-7,9H,2-5H2,1H3,(H,14,15). The zero-order chi connectivity index (χ0) is 11.5. The highest BCUT2D eigenvalue weighted by Gasteiger charge is 2.17. The summed E-state index contributed by atoms with van der Waals surface area (Å²) in [5.74, 6) is 0.791. The van der Waals surface area contributed by atoms with Crippen LogP contribution in [-0.2, 0) is 0 Å². The third-order valence-electron chi connectivity index (χ3n) is 2.87. The largest absolute Gasteiger partial charge is 0.366 e. The molecular formula is C11H15BrClN3. The Labute approximate surface area is 109 Å². The van der Waals surface area contributed by atoms with Crippen LogP contribution in [0, 0.1) is 0 Å². The van der Waals surface area contributed by atoms with Crippen molar-refractivity contribution >= 4 is 33.3 Å². The third kappa shape index (κ3) is 3.09. The topological polar surface area (TPSA) is 28.2 Å². The number of halogens is 2. The molecule has 2 rings (SSSR count). The van der Waals surface area contributed by atoms with Gasteiger partial charge in [0, 0.05) is 16.7 Å². The fourth-order valence-corrected chi connectivity index (χ4v) is 2.55. The molecule has 5 heteroatoms. The van der Waals surface area contributed by atoms with Gasteiger partial charge in [0.25, 0.3) is 0 Å². The number of pyridine rings is 1. The van der Waals surface area contributed by atoms with Crippen molar-refractivity contribution in [1.29, 1.82) is 0 Å². The summed E-state index contributed by atoms with van der Waals surface area (Å²) < 4.78 is 0.909. The lowest BCUT2D eigenvalue weighted by atomic mass is 10.1. The van der Waals surface area contributed by atoms with E-state index in [0.29, 0.717) is 11.1 Å². The number of nitrogens with zero attached hydrogens (tertiary/aromatic N) is 2. The van der Waals surface area contributed by atoms with Crippen LogP contribution >= 0.6 is 27.5 Å². The number of nitrogens with one attached hydrogen (secondary N) is 1. The van der Waals surface area contributed by atoms with E-state index in [2.05, 4.69) is 38.2 Å². The zero-order valence-corrected chi connectivity index (χ0v) is 11.6. The van der Waals surface area contributed by atoms with E-state index in [0.717, 1.165) is 36.2 Å². The van der Waals surface area contributed by atoms with Crippen molar-refractivity contribution in [3.63, 3.8) is 0 Å². The number of aromatic nitrogens is 1. The minimum Gasteiger partial charge on any atom is -0.366 e. The molecule has 0 aliphatic carbocycles. The Morgan fingerprint density at radius 2 is 2.19 bits per heavy atom. The zero-order valence-electron chi connectivity index (χ0n) is 9.21. The van der Waals surface area contributed by atoms with Crippen molar-refractivity contribution in [2.75, 3.05) is 25.5 Å². The molecule has 2 heterocycles. The summed E-state index contributed by atoms with van der Waals surface area (Å²) in [5.41, 5.74) is 0. The van der Waals surface area contributed by atoms with Gasteiger partial charge in [-0.2, -0.15) is 0 Å². The van der Waals surface area contributed by atoms with Gasteiger partial charge in [0.05, 0.1) is 5.02 Å². The van der Waals surface area contributed by atoms with Crippen molar-refractivity contribution in [2.24, 2.45) is 0 Å². The molecule has 0 spiro atoms. The Morgan fingerprint density at radius 3 is 2.81 bits per heavy atom. The molecule has 1 aliphatic rings. The first-order valence-electron chi connectivity index (χ1n) is 5.41. The predicted molar refractivity (Wildman–Crippen MR) is 71.1 cm³/mol. The molecule has 1 aliphatic heterocycles. The van der Waals surface area contributed by atoms with Gasteiger partial charge in [-0.1, -0.05) is 11.6 Å². The molecule has 0 radical (unpaired) electrons. The summed E-state index contributed by atoms with van der Waals surface area (Å²) in [7, 11) is 2.15. The molecule has 1 fully saturated rings.